The summed E-state index contributed by atoms with van der Waals surface area (Å²) in [4.78, 5) is 34.3. The summed E-state index contributed by atoms with van der Waals surface area (Å²) in [5.74, 6) is -1.70. The van der Waals surface area contributed by atoms with Gasteiger partial charge in [-0.2, -0.15) is 0 Å². The van der Waals surface area contributed by atoms with E-state index < -0.39 is 17.9 Å². The molecule has 1 aromatic carbocycles. The van der Waals surface area contributed by atoms with Gasteiger partial charge >= 0.3 is 5.97 Å². The molecule has 2 amide bonds. The number of aliphatic carboxylic acids is 1. The van der Waals surface area contributed by atoms with Crippen LogP contribution in [0.4, 0.5) is 0 Å². The zero-order chi connectivity index (χ0) is 16.5. The van der Waals surface area contributed by atoms with Crippen molar-refractivity contribution in [1.29, 1.82) is 0 Å². The molecular formula is C16H22N2O4. The molecule has 1 rings (SSSR count). The zero-order valence-electron chi connectivity index (χ0n) is 12.9. The molecule has 3 N–H and O–H groups in total. The SMILES string of the molecule is CCc1ccc(CC(=O)NC(CCC(=O)O)C(=O)NC)cc1. The fraction of sp³-hybridized carbons (Fsp3) is 0.438. The highest BCUT2D eigenvalue weighted by Gasteiger charge is 2.20. The average Bonchev–Trinajstić information content (AvgIpc) is 2.51. The second-order valence-corrected chi connectivity index (χ2v) is 5.01. The third kappa shape index (κ3) is 5.95. The number of aryl methyl sites for hydroxylation is 1. The Bertz CT molecular complexity index is 525. The summed E-state index contributed by atoms with van der Waals surface area (Å²) >= 11 is 0. The molecule has 1 unspecified atom stereocenters. The molecule has 0 bridgehead atoms. The van der Waals surface area contributed by atoms with E-state index in [0.717, 1.165) is 12.0 Å². The van der Waals surface area contributed by atoms with Crippen LogP contribution in [0.25, 0.3) is 0 Å². The van der Waals surface area contributed by atoms with Gasteiger partial charge in [0, 0.05) is 13.5 Å². The lowest BCUT2D eigenvalue weighted by Gasteiger charge is -2.16. The van der Waals surface area contributed by atoms with E-state index in [-0.39, 0.29) is 25.2 Å². The summed E-state index contributed by atoms with van der Waals surface area (Å²) in [6, 6.07) is 6.85. The van der Waals surface area contributed by atoms with E-state index in [0.29, 0.717) is 0 Å². The standard InChI is InChI=1S/C16H22N2O4/c1-3-11-4-6-12(7-5-11)10-14(19)18-13(16(22)17-2)8-9-15(20)21/h4-7,13H,3,8-10H2,1-2H3,(H,17,22)(H,18,19)(H,20,21). The van der Waals surface area contributed by atoms with Gasteiger partial charge in [-0.05, 0) is 24.0 Å². The lowest BCUT2D eigenvalue weighted by atomic mass is 10.1. The predicted octanol–water partition coefficient (Wildman–Crippen LogP) is 0.887. The van der Waals surface area contributed by atoms with Crippen LogP contribution in [0.5, 0.6) is 0 Å². The third-order valence-corrected chi connectivity index (χ3v) is 3.34. The number of carboxylic acid groups (broad SMARTS) is 1. The molecule has 0 saturated carbocycles. The Morgan fingerprint density at radius 1 is 1.14 bits per heavy atom. The van der Waals surface area contributed by atoms with E-state index >= 15 is 0 Å². The number of carbonyl (C=O) groups excluding carboxylic acids is 2. The van der Waals surface area contributed by atoms with Gasteiger partial charge in [0.05, 0.1) is 6.42 Å². The van der Waals surface area contributed by atoms with Gasteiger partial charge in [0.15, 0.2) is 0 Å². The van der Waals surface area contributed by atoms with E-state index in [9.17, 15) is 14.4 Å². The van der Waals surface area contributed by atoms with Crippen LogP contribution < -0.4 is 10.6 Å². The van der Waals surface area contributed by atoms with Gasteiger partial charge in [-0.1, -0.05) is 31.2 Å². The van der Waals surface area contributed by atoms with Crippen LogP contribution in [0.1, 0.15) is 30.9 Å². The molecule has 6 heteroatoms. The summed E-state index contributed by atoms with van der Waals surface area (Å²) in [6.45, 7) is 2.05. The fourth-order valence-corrected chi connectivity index (χ4v) is 2.03. The van der Waals surface area contributed by atoms with Gasteiger partial charge in [-0.3, -0.25) is 14.4 Å². The van der Waals surface area contributed by atoms with Crippen molar-refractivity contribution in [3.8, 4) is 0 Å². The van der Waals surface area contributed by atoms with E-state index in [1.54, 1.807) is 0 Å². The molecule has 6 nitrogen and oxygen atoms in total. The highest BCUT2D eigenvalue weighted by Crippen LogP contribution is 2.06. The first-order valence-corrected chi connectivity index (χ1v) is 7.26. The van der Waals surface area contributed by atoms with Crippen LogP contribution in [0.2, 0.25) is 0 Å². The molecule has 1 aromatic rings. The van der Waals surface area contributed by atoms with E-state index in [1.165, 1.54) is 12.6 Å². The Hall–Kier alpha value is -2.37. The van der Waals surface area contributed by atoms with Crippen molar-refractivity contribution in [2.75, 3.05) is 7.05 Å². The van der Waals surface area contributed by atoms with Crippen molar-refractivity contribution in [3.63, 3.8) is 0 Å². The molecule has 0 aliphatic rings. The number of nitrogens with one attached hydrogen (secondary N) is 2. The number of likely N-dealkylation sites (N-methyl/N-ethyl adjacent to an activating group) is 1. The summed E-state index contributed by atoms with van der Waals surface area (Å²) in [5, 5.41) is 13.7. The van der Waals surface area contributed by atoms with Gasteiger partial charge in [0.25, 0.3) is 0 Å². The van der Waals surface area contributed by atoms with Gasteiger partial charge in [0.2, 0.25) is 11.8 Å². The highest BCUT2D eigenvalue weighted by molar-refractivity contribution is 5.88. The van der Waals surface area contributed by atoms with Crippen LogP contribution >= 0.6 is 0 Å². The molecule has 0 saturated heterocycles. The Labute approximate surface area is 129 Å². The van der Waals surface area contributed by atoms with E-state index in [2.05, 4.69) is 17.6 Å². The largest absolute Gasteiger partial charge is 0.481 e. The third-order valence-electron chi connectivity index (χ3n) is 3.34. The van der Waals surface area contributed by atoms with Gasteiger partial charge in [0.1, 0.15) is 6.04 Å². The monoisotopic (exact) mass is 306 g/mol. The van der Waals surface area contributed by atoms with Crippen LogP contribution in [0.15, 0.2) is 24.3 Å². The van der Waals surface area contributed by atoms with Crippen LogP contribution in [0, 0.1) is 0 Å². The molecule has 22 heavy (non-hydrogen) atoms. The van der Waals surface area contributed by atoms with Crippen molar-refractivity contribution in [1.82, 2.24) is 10.6 Å². The maximum atomic E-state index is 12.0. The number of benzene rings is 1. The Balaban J connectivity index is 2.61. The van der Waals surface area contributed by atoms with E-state index in [4.69, 9.17) is 5.11 Å². The van der Waals surface area contributed by atoms with Gasteiger partial charge < -0.3 is 15.7 Å². The first-order chi connectivity index (χ1) is 10.5. The van der Waals surface area contributed by atoms with Crippen LogP contribution in [0.3, 0.4) is 0 Å². The molecule has 0 radical (unpaired) electrons. The lowest BCUT2D eigenvalue weighted by Crippen LogP contribution is -2.46. The van der Waals surface area contributed by atoms with Crippen molar-refractivity contribution in [2.45, 2.75) is 38.6 Å². The molecular weight excluding hydrogens is 284 g/mol. The predicted molar refractivity (Wildman–Crippen MR) is 82.4 cm³/mol. The summed E-state index contributed by atoms with van der Waals surface area (Å²) in [7, 11) is 1.45. The summed E-state index contributed by atoms with van der Waals surface area (Å²) < 4.78 is 0. The minimum Gasteiger partial charge on any atom is -0.481 e. The zero-order valence-corrected chi connectivity index (χ0v) is 12.9. The van der Waals surface area contributed by atoms with Crippen molar-refractivity contribution in [3.05, 3.63) is 35.4 Å². The molecule has 0 heterocycles. The number of hydrogen-bond acceptors (Lipinski definition) is 3. The van der Waals surface area contributed by atoms with Crippen molar-refractivity contribution in [2.24, 2.45) is 0 Å². The first kappa shape index (κ1) is 17.7. The second-order valence-electron chi connectivity index (χ2n) is 5.01. The molecule has 0 aliphatic carbocycles. The Morgan fingerprint density at radius 2 is 1.73 bits per heavy atom. The Kier molecular flexibility index (Phi) is 7.08. The normalized spacial score (nSPS) is 11.5. The first-order valence-electron chi connectivity index (χ1n) is 7.26. The molecule has 0 aromatic heterocycles. The number of carboxylic acids is 1. The van der Waals surface area contributed by atoms with Crippen LogP contribution in [-0.2, 0) is 27.2 Å². The molecule has 0 spiro atoms. The number of hydrogen-bond donors (Lipinski definition) is 3. The minimum absolute atomic E-state index is 0.0650. The van der Waals surface area contributed by atoms with Crippen molar-refractivity contribution < 1.29 is 19.5 Å². The summed E-state index contributed by atoms with van der Waals surface area (Å²) in [6.07, 6.45) is 0.976. The summed E-state index contributed by atoms with van der Waals surface area (Å²) in [5.41, 5.74) is 2.04. The second kappa shape index (κ2) is 8.81. The van der Waals surface area contributed by atoms with E-state index in [1.807, 2.05) is 24.3 Å². The Morgan fingerprint density at radius 3 is 2.23 bits per heavy atom. The number of amides is 2. The van der Waals surface area contributed by atoms with Crippen LogP contribution in [-0.4, -0.2) is 36.0 Å². The van der Waals surface area contributed by atoms with Gasteiger partial charge in [-0.15, -0.1) is 0 Å². The number of carbonyl (C=O) groups is 3. The smallest absolute Gasteiger partial charge is 0.303 e. The minimum atomic E-state index is -1.00. The fourth-order valence-electron chi connectivity index (χ4n) is 2.03. The average molecular weight is 306 g/mol. The highest BCUT2D eigenvalue weighted by atomic mass is 16.4. The molecule has 0 aliphatic heterocycles. The number of rotatable bonds is 8. The maximum absolute atomic E-state index is 12.0. The quantitative estimate of drug-likeness (QED) is 0.664. The van der Waals surface area contributed by atoms with Crippen molar-refractivity contribution >= 4 is 17.8 Å². The molecule has 0 fully saturated rings. The maximum Gasteiger partial charge on any atom is 0.303 e. The topological polar surface area (TPSA) is 95.5 Å². The lowest BCUT2D eigenvalue weighted by molar-refractivity contribution is -0.137. The molecule has 120 valence electrons. The molecule has 1 atom stereocenters. The van der Waals surface area contributed by atoms with Gasteiger partial charge in [-0.25, -0.2) is 0 Å².